The van der Waals surface area contributed by atoms with Crippen molar-refractivity contribution in [1.82, 2.24) is 10.2 Å². The second-order valence-electron chi connectivity index (χ2n) is 6.82. The minimum absolute atomic E-state index is 0.235. The van der Waals surface area contributed by atoms with Crippen LogP contribution in [0.1, 0.15) is 64.2 Å². The van der Waals surface area contributed by atoms with Gasteiger partial charge in [-0.1, -0.05) is 38.5 Å². The second-order valence-corrected chi connectivity index (χ2v) is 6.82. The first-order chi connectivity index (χ1) is 10.1. The van der Waals surface area contributed by atoms with Crippen molar-refractivity contribution in [2.75, 3.05) is 6.54 Å². The number of amides is 4. The zero-order valence-corrected chi connectivity index (χ0v) is 12.5. The second kappa shape index (κ2) is 5.78. The maximum atomic E-state index is 12.8. The summed E-state index contributed by atoms with van der Waals surface area (Å²) in [6.07, 6.45) is 9.80. The van der Waals surface area contributed by atoms with Gasteiger partial charge in [-0.05, 0) is 31.6 Å². The van der Waals surface area contributed by atoms with Crippen molar-refractivity contribution >= 4 is 17.8 Å². The van der Waals surface area contributed by atoms with Crippen LogP contribution in [0, 0.1) is 11.3 Å². The van der Waals surface area contributed by atoms with E-state index in [1.165, 1.54) is 24.2 Å². The predicted molar refractivity (Wildman–Crippen MR) is 77.3 cm³/mol. The van der Waals surface area contributed by atoms with E-state index in [-0.39, 0.29) is 11.8 Å². The lowest BCUT2D eigenvalue weighted by Gasteiger charge is -2.42. The van der Waals surface area contributed by atoms with Gasteiger partial charge in [0.25, 0.3) is 0 Å². The van der Waals surface area contributed by atoms with E-state index >= 15 is 0 Å². The van der Waals surface area contributed by atoms with Crippen LogP contribution in [0.3, 0.4) is 0 Å². The molecule has 0 atom stereocenters. The van der Waals surface area contributed by atoms with E-state index in [0.717, 1.165) is 32.1 Å². The predicted octanol–water partition coefficient (Wildman–Crippen LogP) is 2.60. The fourth-order valence-electron chi connectivity index (χ4n) is 4.12. The fraction of sp³-hybridized carbons (Fsp3) is 0.812. The average Bonchev–Trinajstić information content (AvgIpc) is 2.52. The lowest BCUT2D eigenvalue weighted by atomic mass is 9.71. The van der Waals surface area contributed by atoms with Crippen LogP contribution in [-0.4, -0.2) is 29.3 Å². The molecule has 4 amide bonds. The molecule has 3 rings (SSSR count). The molecule has 116 valence electrons. The quantitative estimate of drug-likeness (QED) is 0.795. The molecule has 0 aromatic heterocycles. The highest BCUT2D eigenvalue weighted by Gasteiger charge is 2.53. The van der Waals surface area contributed by atoms with E-state index in [0.29, 0.717) is 25.3 Å². The molecule has 0 unspecified atom stereocenters. The molecular weight excluding hydrogens is 268 g/mol. The molecule has 2 saturated carbocycles. The Hall–Kier alpha value is -1.39. The summed E-state index contributed by atoms with van der Waals surface area (Å²) >= 11 is 0. The summed E-state index contributed by atoms with van der Waals surface area (Å²) in [4.78, 5) is 38.5. The Kier molecular flexibility index (Phi) is 4.00. The molecule has 1 saturated heterocycles. The Morgan fingerprint density at radius 3 is 2.24 bits per heavy atom. The standard InChI is InChI=1S/C16H24N2O3/c19-13-16(9-5-2-6-10-16)14(20)18(15(21)17-13)11-12-7-3-1-4-8-12/h12H,1-11H2,(H,17,19,21). The number of urea groups is 1. The van der Waals surface area contributed by atoms with Crippen molar-refractivity contribution in [2.45, 2.75) is 64.2 Å². The number of rotatable bonds is 2. The van der Waals surface area contributed by atoms with Crippen LogP contribution in [0.2, 0.25) is 0 Å². The van der Waals surface area contributed by atoms with Crippen LogP contribution < -0.4 is 5.32 Å². The van der Waals surface area contributed by atoms with Crippen LogP contribution in [-0.2, 0) is 9.59 Å². The molecular formula is C16H24N2O3. The maximum absolute atomic E-state index is 12.8. The molecule has 0 radical (unpaired) electrons. The van der Waals surface area contributed by atoms with Gasteiger partial charge in [-0.3, -0.25) is 19.8 Å². The van der Waals surface area contributed by atoms with Gasteiger partial charge in [0, 0.05) is 6.54 Å². The molecule has 21 heavy (non-hydrogen) atoms. The van der Waals surface area contributed by atoms with Gasteiger partial charge < -0.3 is 0 Å². The third-order valence-electron chi connectivity index (χ3n) is 5.43. The summed E-state index contributed by atoms with van der Waals surface area (Å²) in [7, 11) is 0. The molecule has 0 aromatic carbocycles. The number of barbiturate groups is 1. The molecule has 5 nitrogen and oxygen atoms in total. The van der Waals surface area contributed by atoms with Gasteiger partial charge in [-0.15, -0.1) is 0 Å². The zero-order valence-electron chi connectivity index (χ0n) is 12.5. The average molecular weight is 292 g/mol. The van der Waals surface area contributed by atoms with Gasteiger partial charge in [-0.2, -0.15) is 0 Å². The number of nitrogens with one attached hydrogen (secondary N) is 1. The van der Waals surface area contributed by atoms with E-state index in [1.807, 2.05) is 0 Å². The number of hydrogen-bond acceptors (Lipinski definition) is 3. The monoisotopic (exact) mass is 292 g/mol. The van der Waals surface area contributed by atoms with E-state index in [1.54, 1.807) is 0 Å². The molecule has 0 aromatic rings. The van der Waals surface area contributed by atoms with Crippen LogP contribution in [0.4, 0.5) is 4.79 Å². The lowest BCUT2D eigenvalue weighted by Crippen LogP contribution is -2.65. The molecule has 1 aliphatic heterocycles. The van der Waals surface area contributed by atoms with Gasteiger partial charge in [-0.25, -0.2) is 4.79 Å². The summed E-state index contributed by atoms with van der Waals surface area (Å²) in [5.74, 6) is -0.194. The number of nitrogens with zero attached hydrogens (tertiary/aromatic N) is 1. The summed E-state index contributed by atoms with van der Waals surface area (Å²) in [5.41, 5.74) is -0.958. The van der Waals surface area contributed by atoms with Gasteiger partial charge in [0.1, 0.15) is 5.41 Å². The van der Waals surface area contributed by atoms with Crippen LogP contribution >= 0.6 is 0 Å². The van der Waals surface area contributed by atoms with Gasteiger partial charge >= 0.3 is 6.03 Å². The summed E-state index contributed by atoms with van der Waals surface area (Å²) in [6.45, 7) is 0.486. The van der Waals surface area contributed by atoms with E-state index in [4.69, 9.17) is 0 Å². The number of carbonyl (C=O) groups is 3. The summed E-state index contributed by atoms with van der Waals surface area (Å²) < 4.78 is 0. The molecule has 1 heterocycles. The molecule has 1 spiro atoms. The molecule has 5 heteroatoms. The first kappa shape index (κ1) is 14.5. The molecule has 1 N–H and O–H groups in total. The SMILES string of the molecule is O=C1NC(=O)C2(CCCCC2)C(=O)N1CC1CCCCC1. The fourth-order valence-corrected chi connectivity index (χ4v) is 4.12. The molecule has 3 aliphatic rings. The van der Waals surface area contributed by atoms with Crippen molar-refractivity contribution in [3.8, 4) is 0 Å². The topological polar surface area (TPSA) is 66.5 Å². The number of imide groups is 2. The molecule has 2 aliphatic carbocycles. The van der Waals surface area contributed by atoms with Crippen molar-refractivity contribution in [3.63, 3.8) is 0 Å². The summed E-state index contributed by atoms with van der Waals surface area (Å²) in [5, 5.41) is 2.44. The van der Waals surface area contributed by atoms with Crippen molar-refractivity contribution in [2.24, 2.45) is 11.3 Å². The Morgan fingerprint density at radius 2 is 1.57 bits per heavy atom. The molecule has 0 bridgehead atoms. The van der Waals surface area contributed by atoms with Gasteiger partial charge in [0.15, 0.2) is 0 Å². The first-order valence-corrected chi connectivity index (χ1v) is 8.31. The third kappa shape index (κ3) is 2.58. The van der Waals surface area contributed by atoms with E-state index in [9.17, 15) is 14.4 Å². The number of hydrogen-bond donors (Lipinski definition) is 1. The van der Waals surface area contributed by atoms with Crippen LogP contribution in [0.25, 0.3) is 0 Å². The van der Waals surface area contributed by atoms with Gasteiger partial charge in [0.05, 0.1) is 0 Å². The first-order valence-electron chi connectivity index (χ1n) is 8.31. The minimum atomic E-state index is -0.958. The zero-order chi connectivity index (χ0) is 14.9. The molecule has 3 fully saturated rings. The smallest absolute Gasteiger partial charge is 0.277 e. The Bertz CT molecular complexity index is 448. The Balaban J connectivity index is 1.77. The lowest BCUT2D eigenvalue weighted by molar-refractivity contribution is -0.154. The number of carbonyl (C=O) groups excluding carboxylic acids is 3. The highest BCUT2D eigenvalue weighted by atomic mass is 16.2. The highest BCUT2D eigenvalue weighted by molar-refractivity contribution is 6.19. The van der Waals surface area contributed by atoms with Crippen molar-refractivity contribution < 1.29 is 14.4 Å². The normalized spacial score (nSPS) is 27.0. The highest BCUT2D eigenvalue weighted by Crippen LogP contribution is 2.40. The minimum Gasteiger partial charge on any atom is -0.277 e. The van der Waals surface area contributed by atoms with Crippen molar-refractivity contribution in [3.05, 3.63) is 0 Å². The third-order valence-corrected chi connectivity index (χ3v) is 5.43. The Labute approximate surface area is 125 Å². The largest absolute Gasteiger partial charge is 0.330 e. The van der Waals surface area contributed by atoms with E-state index in [2.05, 4.69) is 5.32 Å². The van der Waals surface area contributed by atoms with Crippen LogP contribution in [0.5, 0.6) is 0 Å². The van der Waals surface area contributed by atoms with Crippen LogP contribution in [0.15, 0.2) is 0 Å². The summed E-state index contributed by atoms with van der Waals surface area (Å²) in [6, 6.07) is -0.508. The van der Waals surface area contributed by atoms with Gasteiger partial charge in [0.2, 0.25) is 11.8 Å². The van der Waals surface area contributed by atoms with E-state index < -0.39 is 11.4 Å². The van der Waals surface area contributed by atoms with Crippen molar-refractivity contribution in [1.29, 1.82) is 0 Å². The Morgan fingerprint density at radius 1 is 0.952 bits per heavy atom. The maximum Gasteiger partial charge on any atom is 0.330 e.